The minimum absolute atomic E-state index is 0. The minimum Gasteiger partial charge on any atom is -0.388 e. The summed E-state index contributed by atoms with van der Waals surface area (Å²) in [5, 5.41) is 20.3. The molecule has 3 aromatic heterocycles. The van der Waals surface area contributed by atoms with Crippen molar-refractivity contribution in [3.05, 3.63) is 81.7 Å². The van der Waals surface area contributed by atoms with E-state index < -0.39 is 5.60 Å². The first-order valence-corrected chi connectivity index (χ1v) is 13.4. The number of aryl methyl sites for hydroxylation is 1. The summed E-state index contributed by atoms with van der Waals surface area (Å²) in [5.74, 6) is 0.488. The van der Waals surface area contributed by atoms with E-state index in [1.807, 2.05) is 42.5 Å². The standard InChI is InChI=1S/C28H29ClN8O3.2ClH/c1-35-25(19-4-2-18(13-30)3-5-19)23-24(33-35)27(38)37(16-31-23)15-28(39)8-10-36(11-9-28)14-21-7-6-20(12-22(21)29)26-32-17-40-34-26;;/h2-7,12,16-17,39H,8-11,13-15,30H2,1H3;2*1H. The number of hydrogen-bond acceptors (Lipinski definition) is 9. The van der Waals surface area contributed by atoms with Crippen LogP contribution in [0.4, 0.5) is 0 Å². The first-order valence-electron chi connectivity index (χ1n) is 13.0. The number of nitrogens with zero attached hydrogens (tertiary/aromatic N) is 7. The number of rotatable bonds is 7. The molecule has 1 aliphatic heterocycles. The van der Waals surface area contributed by atoms with Crippen LogP contribution in [-0.4, -0.2) is 58.2 Å². The van der Waals surface area contributed by atoms with Gasteiger partial charge in [0.25, 0.3) is 5.56 Å². The van der Waals surface area contributed by atoms with Crippen molar-refractivity contribution in [2.75, 3.05) is 13.1 Å². The van der Waals surface area contributed by atoms with Crippen molar-refractivity contribution in [2.24, 2.45) is 12.8 Å². The minimum atomic E-state index is -1.03. The van der Waals surface area contributed by atoms with Gasteiger partial charge < -0.3 is 15.4 Å². The van der Waals surface area contributed by atoms with Crippen LogP contribution < -0.4 is 11.3 Å². The molecule has 11 nitrogen and oxygen atoms in total. The molecule has 0 bridgehead atoms. The van der Waals surface area contributed by atoms with Gasteiger partial charge in [0.2, 0.25) is 12.2 Å². The van der Waals surface area contributed by atoms with E-state index in [2.05, 4.69) is 25.1 Å². The van der Waals surface area contributed by atoms with E-state index in [4.69, 9.17) is 21.9 Å². The van der Waals surface area contributed by atoms with Crippen LogP contribution in [-0.2, 0) is 26.7 Å². The Bertz CT molecular complexity index is 1710. The van der Waals surface area contributed by atoms with Gasteiger partial charge in [-0.1, -0.05) is 53.2 Å². The third-order valence-corrected chi connectivity index (χ3v) is 7.94. The molecule has 222 valence electrons. The third kappa shape index (κ3) is 6.22. The predicted molar refractivity (Wildman–Crippen MR) is 165 cm³/mol. The molecule has 6 rings (SSSR count). The van der Waals surface area contributed by atoms with E-state index in [1.165, 1.54) is 17.3 Å². The average molecular weight is 634 g/mol. The van der Waals surface area contributed by atoms with Gasteiger partial charge in [0.1, 0.15) is 5.52 Å². The smallest absolute Gasteiger partial charge is 0.281 e. The van der Waals surface area contributed by atoms with Crippen molar-refractivity contribution >= 4 is 47.4 Å². The van der Waals surface area contributed by atoms with Gasteiger partial charge in [-0.15, -0.1) is 24.8 Å². The lowest BCUT2D eigenvalue weighted by molar-refractivity contribution is -0.0364. The molecule has 3 N–H and O–H groups in total. The Morgan fingerprint density at radius 1 is 1.05 bits per heavy atom. The fourth-order valence-corrected chi connectivity index (χ4v) is 5.53. The number of nitrogens with two attached hydrogens (primary N) is 1. The van der Waals surface area contributed by atoms with E-state index in [1.54, 1.807) is 11.7 Å². The Hall–Kier alpha value is -3.32. The molecule has 0 amide bonds. The highest BCUT2D eigenvalue weighted by atomic mass is 35.5. The molecule has 1 fully saturated rings. The number of halogens is 3. The highest BCUT2D eigenvalue weighted by Gasteiger charge is 2.33. The third-order valence-electron chi connectivity index (χ3n) is 7.59. The van der Waals surface area contributed by atoms with E-state index in [9.17, 15) is 9.90 Å². The zero-order chi connectivity index (χ0) is 27.9. The normalized spacial score (nSPS) is 14.9. The summed E-state index contributed by atoms with van der Waals surface area (Å²) in [4.78, 5) is 24.3. The van der Waals surface area contributed by atoms with Crippen LogP contribution in [0.15, 0.2) is 64.5 Å². The fraction of sp³-hybridized carbons (Fsp3) is 0.321. The Kier molecular flexibility index (Phi) is 9.71. The van der Waals surface area contributed by atoms with Crippen molar-refractivity contribution in [2.45, 2.75) is 38.1 Å². The van der Waals surface area contributed by atoms with Gasteiger partial charge in [0.05, 0.1) is 24.2 Å². The lowest BCUT2D eigenvalue weighted by atomic mass is 9.91. The molecular weight excluding hydrogens is 603 g/mol. The monoisotopic (exact) mass is 632 g/mol. The molecule has 0 atom stereocenters. The van der Waals surface area contributed by atoms with Crippen LogP contribution in [0.25, 0.3) is 33.7 Å². The highest BCUT2D eigenvalue weighted by Crippen LogP contribution is 2.29. The summed E-state index contributed by atoms with van der Waals surface area (Å²) in [6.45, 7) is 2.59. The molecular formula is C28H31Cl3N8O3. The highest BCUT2D eigenvalue weighted by molar-refractivity contribution is 6.31. The van der Waals surface area contributed by atoms with Crippen LogP contribution >= 0.6 is 36.4 Å². The van der Waals surface area contributed by atoms with Crippen molar-refractivity contribution in [1.82, 2.24) is 34.4 Å². The maximum Gasteiger partial charge on any atom is 0.281 e. The van der Waals surface area contributed by atoms with E-state index >= 15 is 0 Å². The molecule has 0 aliphatic carbocycles. The number of hydrogen-bond donors (Lipinski definition) is 2. The Morgan fingerprint density at radius 2 is 1.76 bits per heavy atom. The van der Waals surface area contributed by atoms with Crippen LogP contribution in [0.1, 0.15) is 24.0 Å². The van der Waals surface area contributed by atoms with Gasteiger partial charge in [-0.25, -0.2) is 4.98 Å². The summed E-state index contributed by atoms with van der Waals surface area (Å²) < 4.78 is 7.96. The number of aromatic nitrogens is 6. The van der Waals surface area contributed by atoms with Crippen molar-refractivity contribution < 1.29 is 9.63 Å². The molecule has 0 saturated carbocycles. The van der Waals surface area contributed by atoms with Crippen molar-refractivity contribution in [3.8, 4) is 22.6 Å². The molecule has 42 heavy (non-hydrogen) atoms. The predicted octanol–water partition coefficient (Wildman–Crippen LogP) is 3.83. The van der Waals surface area contributed by atoms with Crippen molar-refractivity contribution in [1.29, 1.82) is 0 Å². The zero-order valence-corrected chi connectivity index (χ0v) is 25.2. The first kappa shape index (κ1) is 31.6. The van der Waals surface area contributed by atoms with Crippen molar-refractivity contribution in [3.63, 3.8) is 0 Å². The van der Waals surface area contributed by atoms with E-state index in [-0.39, 0.29) is 42.4 Å². The molecule has 0 unspecified atom stereocenters. The maximum atomic E-state index is 13.4. The van der Waals surface area contributed by atoms with Gasteiger partial charge >= 0.3 is 0 Å². The molecule has 4 heterocycles. The Morgan fingerprint density at radius 3 is 2.40 bits per heavy atom. The second-order valence-electron chi connectivity index (χ2n) is 10.3. The van der Waals surface area contributed by atoms with Gasteiger partial charge in [-0.05, 0) is 30.0 Å². The summed E-state index contributed by atoms with van der Waals surface area (Å²) in [5.41, 5.74) is 9.70. The molecule has 0 spiro atoms. The second-order valence-corrected chi connectivity index (χ2v) is 10.7. The van der Waals surface area contributed by atoms with E-state index in [0.29, 0.717) is 55.4 Å². The second kappa shape index (κ2) is 12.9. The number of aliphatic hydroxyl groups is 1. The van der Waals surface area contributed by atoms with Gasteiger partial charge in [-0.2, -0.15) is 10.1 Å². The van der Waals surface area contributed by atoms with E-state index in [0.717, 1.165) is 27.9 Å². The summed E-state index contributed by atoms with van der Waals surface area (Å²) in [6, 6.07) is 13.5. The zero-order valence-electron chi connectivity index (χ0n) is 22.8. The molecule has 5 aromatic rings. The number of benzene rings is 2. The number of fused-ring (bicyclic) bond motifs is 1. The lowest BCUT2D eigenvalue weighted by Gasteiger charge is -2.38. The Balaban J connectivity index is 0.00000202. The molecule has 14 heteroatoms. The van der Waals surface area contributed by atoms with Gasteiger partial charge in [0.15, 0.2) is 5.52 Å². The van der Waals surface area contributed by atoms with Crippen LogP contribution in [0.5, 0.6) is 0 Å². The molecule has 2 aromatic carbocycles. The lowest BCUT2D eigenvalue weighted by Crippen LogP contribution is -2.47. The Labute approximate surface area is 259 Å². The largest absolute Gasteiger partial charge is 0.388 e. The fourth-order valence-electron chi connectivity index (χ4n) is 5.29. The quantitative estimate of drug-likeness (QED) is 0.274. The summed E-state index contributed by atoms with van der Waals surface area (Å²) >= 11 is 6.54. The average Bonchev–Trinajstić information content (AvgIpc) is 3.61. The molecule has 0 radical (unpaired) electrons. The summed E-state index contributed by atoms with van der Waals surface area (Å²) in [6.07, 6.45) is 3.82. The van der Waals surface area contributed by atoms with Crippen LogP contribution in [0, 0.1) is 0 Å². The molecule has 1 aliphatic rings. The van der Waals surface area contributed by atoms with Crippen LogP contribution in [0.2, 0.25) is 5.02 Å². The summed E-state index contributed by atoms with van der Waals surface area (Å²) in [7, 11) is 1.80. The topological polar surface area (TPSA) is 141 Å². The first-order chi connectivity index (χ1) is 19.3. The number of likely N-dealkylation sites (tertiary alicyclic amines) is 1. The SMILES string of the molecule is Cl.Cl.Cn1nc2c(=O)n(CC3(O)CCN(Cc4ccc(-c5ncon5)cc4Cl)CC3)cnc2c1-c1ccc(CN)cc1. The molecule has 1 saturated heterocycles. The maximum absolute atomic E-state index is 13.4. The number of piperidine rings is 1. The van der Waals surface area contributed by atoms with Gasteiger partial charge in [-0.3, -0.25) is 18.9 Å². The van der Waals surface area contributed by atoms with Crippen LogP contribution in [0.3, 0.4) is 0 Å². The van der Waals surface area contributed by atoms with Gasteiger partial charge in [0, 0.05) is 49.4 Å².